The Balaban J connectivity index is 1.77. The maximum absolute atomic E-state index is 13.6. The van der Waals surface area contributed by atoms with Gasteiger partial charge in [0.2, 0.25) is 5.78 Å². The molecule has 6 nitrogen and oxygen atoms in total. The number of rotatable bonds is 8. The number of Topliss-reactive ketones (excluding diaryl/α,β-unsaturated/α-hetero) is 2. The van der Waals surface area contributed by atoms with Crippen molar-refractivity contribution in [1.29, 1.82) is 0 Å². The van der Waals surface area contributed by atoms with Crippen LogP contribution in [0.25, 0.3) is 21.8 Å². The van der Waals surface area contributed by atoms with Gasteiger partial charge < -0.3 is 9.40 Å². The Morgan fingerprint density at radius 3 is 2.03 bits per heavy atom. The highest BCUT2D eigenvalue weighted by Crippen LogP contribution is 2.32. The van der Waals surface area contributed by atoms with Gasteiger partial charge in [0.15, 0.2) is 5.78 Å². The van der Waals surface area contributed by atoms with Gasteiger partial charge in [-0.05, 0) is 55.3 Å². The van der Waals surface area contributed by atoms with E-state index in [9.17, 15) is 14.4 Å². The smallest absolute Gasteiger partial charge is 0.331 e. The van der Waals surface area contributed by atoms with Crippen molar-refractivity contribution in [1.82, 2.24) is 4.57 Å². The highest BCUT2D eigenvalue weighted by Gasteiger charge is 2.24. The van der Waals surface area contributed by atoms with Gasteiger partial charge in [-0.3, -0.25) is 9.59 Å². The van der Waals surface area contributed by atoms with Crippen LogP contribution in [0.3, 0.4) is 0 Å². The molecule has 0 bridgehead atoms. The topological polar surface area (TPSA) is 77.7 Å². The molecule has 0 unspecified atom stereocenters. The fourth-order valence-corrected chi connectivity index (χ4v) is 4.55. The van der Waals surface area contributed by atoms with E-state index < -0.39 is 11.4 Å². The van der Waals surface area contributed by atoms with Crippen molar-refractivity contribution in [3.05, 3.63) is 83.4 Å². The van der Waals surface area contributed by atoms with Crippen molar-refractivity contribution in [2.24, 2.45) is 10.6 Å². The number of oxime groups is 1. The fraction of sp³-hybridized carbons (Fsp3) is 0.290. The number of aryl methyl sites for hydroxylation is 2. The molecule has 37 heavy (non-hydrogen) atoms. The Morgan fingerprint density at radius 2 is 1.46 bits per heavy atom. The van der Waals surface area contributed by atoms with Gasteiger partial charge in [0.1, 0.15) is 5.71 Å². The van der Waals surface area contributed by atoms with Gasteiger partial charge in [-0.2, -0.15) is 0 Å². The van der Waals surface area contributed by atoms with Crippen LogP contribution in [0.1, 0.15) is 67.3 Å². The van der Waals surface area contributed by atoms with Crippen LogP contribution in [0, 0.1) is 5.41 Å². The van der Waals surface area contributed by atoms with Gasteiger partial charge in [-0.25, -0.2) is 4.79 Å². The first-order chi connectivity index (χ1) is 17.6. The number of ketones is 2. The van der Waals surface area contributed by atoms with Crippen LogP contribution >= 0.6 is 0 Å². The van der Waals surface area contributed by atoms with E-state index in [1.165, 1.54) is 6.92 Å². The summed E-state index contributed by atoms with van der Waals surface area (Å²) in [7, 11) is 0. The molecule has 0 aliphatic carbocycles. The minimum Gasteiger partial charge on any atom is -0.341 e. The van der Waals surface area contributed by atoms with Crippen molar-refractivity contribution >= 4 is 45.1 Å². The molecular formula is C31H32N2O4. The van der Waals surface area contributed by atoms with Crippen LogP contribution < -0.4 is 0 Å². The third-order valence-corrected chi connectivity index (χ3v) is 6.43. The second-order valence-corrected chi connectivity index (χ2v) is 10.2. The molecule has 0 aliphatic heterocycles. The van der Waals surface area contributed by atoms with E-state index in [2.05, 4.69) is 16.6 Å². The lowest BCUT2D eigenvalue weighted by atomic mass is 9.86. The van der Waals surface area contributed by atoms with E-state index in [0.29, 0.717) is 24.0 Å². The minimum atomic E-state index is -0.581. The third-order valence-electron chi connectivity index (χ3n) is 6.43. The first kappa shape index (κ1) is 26.0. The summed E-state index contributed by atoms with van der Waals surface area (Å²) >= 11 is 0. The van der Waals surface area contributed by atoms with Gasteiger partial charge in [0.25, 0.3) is 0 Å². The van der Waals surface area contributed by atoms with Gasteiger partial charge in [0.05, 0.1) is 0 Å². The van der Waals surface area contributed by atoms with E-state index in [1.807, 2.05) is 81.4 Å². The van der Waals surface area contributed by atoms with Crippen LogP contribution in [0.2, 0.25) is 0 Å². The molecule has 0 aliphatic rings. The summed E-state index contributed by atoms with van der Waals surface area (Å²) in [6.07, 6.45) is 0.914. The van der Waals surface area contributed by atoms with E-state index in [0.717, 1.165) is 33.9 Å². The zero-order valence-corrected chi connectivity index (χ0v) is 22.0. The monoisotopic (exact) mass is 496 g/mol. The number of fused-ring (bicyclic) bond motifs is 3. The number of nitrogens with zero attached hydrogens (tertiary/aromatic N) is 2. The summed E-state index contributed by atoms with van der Waals surface area (Å²) in [4.78, 5) is 42.8. The molecule has 190 valence electrons. The van der Waals surface area contributed by atoms with Crippen molar-refractivity contribution in [3.63, 3.8) is 0 Å². The maximum Gasteiger partial charge on any atom is 0.331 e. The molecule has 0 N–H and O–H groups in total. The zero-order valence-electron chi connectivity index (χ0n) is 22.0. The second-order valence-electron chi connectivity index (χ2n) is 10.2. The fourth-order valence-electron chi connectivity index (χ4n) is 4.55. The number of aromatic nitrogens is 1. The first-order valence-corrected chi connectivity index (χ1v) is 12.5. The summed E-state index contributed by atoms with van der Waals surface area (Å²) in [5, 5.41) is 5.72. The predicted octanol–water partition coefficient (Wildman–Crippen LogP) is 6.78. The number of carbonyl (C=O) groups is 3. The Kier molecular flexibility index (Phi) is 7.39. The third kappa shape index (κ3) is 5.53. The minimum absolute atomic E-state index is 0.0655. The molecular weight excluding hydrogens is 464 g/mol. The van der Waals surface area contributed by atoms with E-state index in [-0.39, 0.29) is 17.3 Å². The van der Waals surface area contributed by atoms with Crippen LogP contribution in [0.15, 0.2) is 71.9 Å². The van der Waals surface area contributed by atoms with Gasteiger partial charge in [-0.1, -0.05) is 56.3 Å². The quantitative estimate of drug-likeness (QED) is 0.117. The number of hydrogen-bond acceptors (Lipinski definition) is 5. The molecule has 3 aromatic carbocycles. The Morgan fingerprint density at radius 1 is 0.865 bits per heavy atom. The van der Waals surface area contributed by atoms with Crippen molar-refractivity contribution in [2.45, 2.75) is 54.0 Å². The molecule has 0 amide bonds. The standard InChI is InChI=1S/C31H32N2O4/c1-6-33-27-16-13-22(18-24(27)25-19-23(14-17-28(25)33)30(36)31(3,4)5)29(35)26(32-37-20(2)34)15-12-21-10-8-7-9-11-21/h7-11,13-14,16-19H,6,12,15H2,1-5H3/b32-26+. The summed E-state index contributed by atoms with van der Waals surface area (Å²) in [5.41, 5.74) is 3.83. The molecule has 1 heterocycles. The Bertz CT molecular complexity index is 1520. The summed E-state index contributed by atoms with van der Waals surface area (Å²) in [6, 6.07) is 21.1. The second kappa shape index (κ2) is 10.5. The van der Waals surface area contributed by atoms with Crippen LogP contribution in [-0.2, 0) is 22.6 Å². The molecule has 0 fully saturated rings. The van der Waals surface area contributed by atoms with Crippen LogP contribution in [-0.4, -0.2) is 27.8 Å². The normalized spacial score (nSPS) is 12.2. The van der Waals surface area contributed by atoms with Gasteiger partial charge >= 0.3 is 5.97 Å². The van der Waals surface area contributed by atoms with Crippen molar-refractivity contribution in [3.8, 4) is 0 Å². The van der Waals surface area contributed by atoms with Gasteiger partial charge in [0, 0.05) is 58.2 Å². The van der Waals surface area contributed by atoms with Crippen LogP contribution in [0.4, 0.5) is 0 Å². The molecule has 0 saturated heterocycles. The van der Waals surface area contributed by atoms with Crippen molar-refractivity contribution in [2.75, 3.05) is 0 Å². The van der Waals surface area contributed by atoms with Gasteiger partial charge in [-0.15, -0.1) is 0 Å². The summed E-state index contributed by atoms with van der Waals surface area (Å²) in [6.45, 7) is 9.79. The molecule has 4 aromatic rings. The summed E-state index contributed by atoms with van der Waals surface area (Å²) < 4.78 is 2.17. The lowest BCUT2D eigenvalue weighted by molar-refractivity contribution is -0.140. The lowest BCUT2D eigenvalue weighted by Crippen LogP contribution is -2.20. The molecule has 1 aromatic heterocycles. The highest BCUT2D eigenvalue weighted by molar-refractivity contribution is 6.46. The average Bonchev–Trinajstić information content (AvgIpc) is 3.20. The SMILES string of the molecule is CCn1c2ccc(C(=O)/C(CCc3ccccc3)=N/OC(C)=O)cc2c2cc(C(=O)C(C)(C)C)ccc21. The number of hydrogen-bond donors (Lipinski definition) is 0. The van der Waals surface area contributed by atoms with E-state index in [4.69, 9.17) is 4.84 Å². The molecule has 4 rings (SSSR count). The summed E-state index contributed by atoms with van der Waals surface area (Å²) in [5.74, 6) is -0.809. The molecule has 6 heteroatoms. The first-order valence-electron chi connectivity index (χ1n) is 12.5. The number of carbonyl (C=O) groups excluding carboxylic acids is 3. The van der Waals surface area contributed by atoms with Crippen LogP contribution in [0.5, 0.6) is 0 Å². The maximum atomic E-state index is 13.6. The lowest BCUT2D eigenvalue weighted by Gasteiger charge is -2.16. The number of benzene rings is 3. The van der Waals surface area contributed by atoms with E-state index in [1.54, 1.807) is 6.07 Å². The van der Waals surface area contributed by atoms with Crippen molar-refractivity contribution < 1.29 is 19.2 Å². The molecule has 0 spiro atoms. The molecule has 0 radical (unpaired) electrons. The zero-order chi connectivity index (χ0) is 26.7. The largest absolute Gasteiger partial charge is 0.341 e. The highest BCUT2D eigenvalue weighted by atomic mass is 16.7. The Labute approximate surface area is 216 Å². The molecule has 0 saturated carbocycles. The molecule has 0 atom stereocenters. The average molecular weight is 497 g/mol. The predicted molar refractivity (Wildman–Crippen MR) is 147 cm³/mol. The van der Waals surface area contributed by atoms with E-state index >= 15 is 0 Å². The Hall–Kier alpha value is -4.06.